The van der Waals surface area contributed by atoms with E-state index in [-0.39, 0.29) is 6.61 Å². The smallest absolute Gasteiger partial charge is 0.173 e. The van der Waals surface area contributed by atoms with E-state index in [9.17, 15) is 0 Å². The van der Waals surface area contributed by atoms with E-state index in [4.69, 9.17) is 5.11 Å². The summed E-state index contributed by atoms with van der Waals surface area (Å²) in [5.74, 6) is 0.580. The third-order valence-electron chi connectivity index (χ3n) is 1.01. The Hall–Kier alpha value is -1.10. The first-order chi connectivity index (χ1) is 4.93. The van der Waals surface area contributed by atoms with Gasteiger partial charge in [0.1, 0.15) is 0 Å². The molecule has 1 rings (SSSR count). The standard InChI is InChI=1S/C5H8N4O/c10-3-1-2-5-8-6-4-7-9-5/h4,10H,1-3H2. The number of aliphatic hydroxyl groups excluding tert-OH is 1. The Morgan fingerprint density at radius 2 is 2.00 bits per heavy atom. The van der Waals surface area contributed by atoms with Crippen LogP contribution in [0.25, 0.3) is 0 Å². The maximum atomic E-state index is 8.43. The normalized spacial score (nSPS) is 9.70. The molecule has 0 aromatic carbocycles. The minimum Gasteiger partial charge on any atom is -0.396 e. The van der Waals surface area contributed by atoms with Crippen LogP contribution in [0.15, 0.2) is 6.33 Å². The lowest BCUT2D eigenvalue weighted by molar-refractivity contribution is 0.287. The van der Waals surface area contributed by atoms with Gasteiger partial charge in [0.2, 0.25) is 0 Å². The maximum Gasteiger partial charge on any atom is 0.173 e. The Balaban J connectivity index is 2.43. The lowest BCUT2D eigenvalue weighted by Crippen LogP contribution is -1.99. The second-order valence-electron chi connectivity index (χ2n) is 1.79. The van der Waals surface area contributed by atoms with Gasteiger partial charge in [-0.05, 0) is 6.42 Å². The summed E-state index contributed by atoms with van der Waals surface area (Å²) in [6.45, 7) is 0.151. The topological polar surface area (TPSA) is 71.8 Å². The summed E-state index contributed by atoms with van der Waals surface area (Å²) in [5.41, 5.74) is 0. The van der Waals surface area contributed by atoms with E-state index in [0.717, 1.165) is 0 Å². The van der Waals surface area contributed by atoms with E-state index in [1.165, 1.54) is 6.33 Å². The molecule has 0 bridgehead atoms. The van der Waals surface area contributed by atoms with Crippen LogP contribution in [0.2, 0.25) is 0 Å². The van der Waals surface area contributed by atoms with E-state index >= 15 is 0 Å². The molecule has 1 heterocycles. The molecule has 0 saturated heterocycles. The molecule has 0 amide bonds. The summed E-state index contributed by atoms with van der Waals surface area (Å²) in [6, 6.07) is 0. The van der Waals surface area contributed by atoms with E-state index in [1.807, 2.05) is 0 Å². The molecule has 0 fully saturated rings. The van der Waals surface area contributed by atoms with Gasteiger partial charge in [0.05, 0.1) is 0 Å². The summed E-state index contributed by atoms with van der Waals surface area (Å²) < 4.78 is 0. The fourth-order valence-corrected chi connectivity index (χ4v) is 0.565. The van der Waals surface area contributed by atoms with Crippen molar-refractivity contribution < 1.29 is 5.11 Å². The van der Waals surface area contributed by atoms with Crippen LogP contribution >= 0.6 is 0 Å². The van der Waals surface area contributed by atoms with Gasteiger partial charge in [0, 0.05) is 13.0 Å². The molecular weight excluding hydrogens is 132 g/mol. The van der Waals surface area contributed by atoms with Crippen molar-refractivity contribution in [2.75, 3.05) is 6.61 Å². The highest BCUT2D eigenvalue weighted by atomic mass is 16.2. The zero-order valence-corrected chi connectivity index (χ0v) is 5.43. The number of nitrogens with zero attached hydrogens (tertiary/aromatic N) is 4. The highest BCUT2D eigenvalue weighted by Crippen LogP contribution is 1.88. The van der Waals surface area contributed by atoms with Crippen LogP contribution < -0.4 is 0 Å². The molecule has 0 spiro atoms. The first-order valence-electron chi connectivity index (χ1n) is 3.03. The zero-order chi connectivity index (χ0) is 7.23. The molecule has 0 aliphatic rings. The van der Waals surface area contributed by atoms with Crippen molar-refractivity contribution in [3.8, 4) is 0 Å². The number of hydrogen-bond acceptors (Lipinski definition) is 5. The molecule has 0 saturated carbocycles. The van der Waals surface area contributed by atoms with E-state index in [2.05, 4.69) is 20.4 Å². The predicted octanol–water partition coefficient (Wildman–Crippen LogP) is -0.809. The molecule has 0 radical (unpaired) electrons. The molecule has 5 nitrogen and oxygen atoms in total. The highest BCUT2D eigenvalue weighted by Gasteiger charge is 1.93. The molecule has 0 unspecified atom stereocenters. The minimum atomic E-state index is 0.151. The highest BCUT2D eigenvalue weighted by molar-refractivity contribution is 4.75. The van der Waals surface area contributed by atoms with Crippen molar-refractivity contribution in [2.24, 2.45) is 0 Å². The fourth-order valence-electron chi connectivity index (χ4n) is 0.565. The first kappa shape index (κ1) is 7.01. The maximum absolute atomic E-state index is 8.43. The van der Waals surface area contributed by atoms with Gasteiger partial charge < -0.3 is 5.11 Å². The van der Waals surface area contributed by atoms with Crippen LogP contribution in [0, 0.1) is 0 Å². The number of rotatable bonds is 3. The van der Waals surface area contributed by atoms with Crippen LogP contribution in [-0.4, -0.2) is 32.1 Å². The van der Waals surface area contributed by atoms with E-state index in [0.29, 0.717) is 18.7 Å². The van der Waals surface area contributed by atoms with Crippen molar-refractivity contribution in [2.45, 2.75) is 12.8 Å². The molecule has 5 heteroatoms. The summed E-state index contributed by atoms with van der Waals surface area (Å²) >= 11 is 0. The minimum absolute atomic E-state index is 0.151. The van der Waals surface area contributed by atoms with Gasteiger partial charge in [0.25, 0.3) is 0 Å². The molecule has 0 atom stereocenters. The van der Waals surface area contributed by atoms with Crippen molar-refractivity contribution in [1.82, 2.24) is 20.4 Å². The molecule has 10 heavy (non-hydrogen) atoms. The van der Waals surface area contributed by atoms with Crippen molar-refractivity contribution >= 4 is 0 Å². The van der Waals surface area contributed by atoms with Crippen LogP contribution in [0.3, 0.4) is 0 Å². The van der Waals surface area contributed by atoms with Gasteiger partial charge >= 0.3 is 0 Å². The first-order valence-corrected chi connectivity index (χ1v) is 3.03. The Morgan fingerprint density at radius 3 is 2.60 bits per heavy atom. The third kappa shape index (κ3) is 2.02. The molecule has 54 valence electrons. The quantitative estimate of drug-likeness (QED) is 0.594. The summed E-state index contributed by atoms with van der Waals surface area (Å²) in [5, 5.41) is 22.9. The Bertz CT molecular complexity index is 178. The van der Waals surface area contributed by atoms with Gasteiger partial charge in [-0.15, -0.1) is 20.4 Å². The van der Waals surface area contributed by atoms with Crippen molar-refractivity contribution in [1.29, 1.82) is 0 Å². The average molecular weight is 140 g/mol. The molecule has 1 aromatic rings. The van der Waals surface area contributed by atoms with Gasteiger partial charge in [0.15, 0.2) is 12.2 Å². The van der Waals surface area contributed by atoms with Crippen LogP contribution in [0.1, 0.15) is 12.2 Å². The van der Waals surface area contributed by atoms with E-state index in [1.54, 1.807) is 0 Å². The van der Waals surface area contributed by atoms with Crippen LogP contribution in [0.4, 0.5) is 0 Å². The predicted molar refractivity (Wildman–Crippen MR) is 33.0 cm³/mol. The van der Waals surface area contributed by atoms with Crippen molar-refractivity contribution in [3.63, 3.8) is 0 Å². The largest absolute Gasteiger partial charge is 0.396 e. The van der Waals surface area contributed by atoms with Crippen LogP contribution in [0.5, 0.6) is 0 Å². The van der Waals surface area contributed by atoms with Crippen LogP contribution in [-0.2, 0) is 6.42 Å². The molecule has 0 aliphatic heterocycles. The number of aryl methyl sites for hydroxylation is 1. The van der Waals surface area contributed by atoms with Gasteiger partial charge in [-0.2, -0.15) is 0 Å². The van der Waals surface area contributed by atoms with Crippen molar-refractivity contribution in [3.05, 3.63) is 12.2 Å². The number of aliphatic hydroxyl groups is 1. The van der Waals surface area contributed by atoms with Gasteiger partial charge in [-0.25, -0.2) is 0 Å². The zero-order valence-electron chi connectivity index (χ0n) is 5.43. The summed E-state index contributed by atoms with van der Waals surface area (Å²) in [6.07, 6.45) is 2.58. The second-order valence-corrected chi connectivity index (χ2v) is 1.79. The Labute approximate surface area is 58.1 Å². The summed E-state index contributed by atoms with van der Waals surface area (Å²) in [7, 11) is 0. The summed E-state index contributed by atoms with van der Waals surface area (Å²) in [4.78, 5) is 0. The number of hydrogen-bond donors (Lipinski definition) is 1. The van der Waals surface area contributed by atoms with Gasteiger partial charge in [-0.1, -0.05) is 0 Å². The lowest BCUT2D eigenvalue weighted by atomic mass is 10.3. The SMILES string of the molecule is OCCCc1nncnn1. The van der Waals surface area contributed by atoms with Gasteiger partial charge in [-0.3, -0.25) is 0 Å². The number of aromatic nitrogens is 4. The second kappa shape index (κ2) is 3.84. The molecular formula is C5H8N4O. The Kier molecular flexibility index (Phi) is 2.69. The fraction of sp³-hybridized carbons (Fsp3) is 0.600. The average Bonchev–Trinajstić information content (AvgIpc) is 2.03. The Morgan fingerprint density at radius 1 is 1.30 bits per heavy atom. The lowest BCUT2D eigenvalue weighted by Gasteiger charge is -1.91. The monoisotopic (exact) mass is 140 g/mol. The van der Waals surface area contributed by atoms with E-state index < -0.39 is 0 Å². The molecule has 1 N–H and O–H groups in total. The molecule has 0 aliphatic carbocycles. The molecule has 1 aromatic heterocycles. The third-order valence-corrected chi connectivity index (χ3v) is 1.01.